The molecule has 0 aromatic heterocycles. The van der Waals surface area contributed by atoms with E-state index in [0.29, 0.717) is 32.5 Å². The first-order valence-corrected chi connectivity index (χ1v) is 14.1. The zero-order chi connectivity index (χ0) is 29.5. The van der Waals surface area contributed by atoms with Crippen molar-refractivity contribution in [3.8, 4) is 5.75 Å². The van der Waals surface area contributed by atoms with E-state index in [2.05, 4.69) is 13.5 Å². The van der Waals surface area contributed by atoms with Crippen LogP contribution in [0.3, 0.4) is 0 Å². The summed E-state index contributed by atoms with van der Waals surface area (Å²) in [5, 5.41) is 0. The lowest BCUT2D eigenvalue weighted by Crippen LogP contribution is -2.47. The monoisotopic (exact) mass is 553 g/mol. The first-order chi connectivity index (χ1) is 19.0. The van der Waals surface area contributed by atoms with Gasteiger partial charge in [-0.2, -0.15) is 0 Å². The highest BCUT2D eigenvalue weighted by Crippen LogP contribution is 2.20. The number of hydrogen-bond donors (Lipinski definition) is 0. The van der Waals surface area contributed by atoms with Crippen molar-refractivity contribution >= 4 is 12.1 Å². The summed E-state index contributed by atoms with van der Waals surface area (Å²) < 4.78 is 22.6. The van der Waals surface area contributed by atoms with Gasteiger partial charge in [-0.15, -0.1) is 6.58 Å². The van der Waals surface area contributed by atoms with Gasteiger partial charge in [-0.05, 0) is 75.6 Å². The highest BCUT2D eigenvalue weighted by molar-refractivity contribution is 5.82. The molecule has 7 nitrogen and oxygen atoms in total. The third-order valence-electron chi connectivity index (χ3n) is 6.51. The molecule has 2 aromatic carbocycles. The molecule has 3 atom stereocenters. The van der Waals surface area contributed by atoms with E-state index in [0.717, 1.165) is 29.7 Å². The normalized spacial score (nSPS) is 13.6. The van der Waals surface area contributed by atoms with Crippen molar-refractivity contribution in [3.63, 3.8) is 0 Å². The maximum absolute atomic E-state index is 13.5. The number of unbranched alkanes of at least 4 members (excludes halogenated alkanes) is 1. The Bertz CT molecular complexity index is 1030. The van der Waals surface area contributed by atoms with E-state index in [1.807, 2.05) is 60.7 Å². The molecule has 0 saturated heterocycles. The summed E-state index contributed by atoms with van der Waals surface area (Å²) >= 11 is 0. The van der Waals surface area contributed by atoms with Gasteiger partial charge in [0, 0.05) is 20.1 Å². The zero-order valence-corrected chi connectivity index (χ0v) is 25.1. The molecule has 0 saturated carbocycles. The number of allylic oxidation sites excluding steroid dienone is 1. The number of amides is 1. The molecule has 0 N–H and O–H groups in total. The van der Waals surface area contributed by atoms with Crippen LogP contribution >= 0.6 is 0 Å². The minimum atomic E-state index is -0.813. The number of benzene rings is 2. The fourth-order valence-corrected chi connectivity index (χ4v) is 4.14. The highest BCUT2D eigenvalue weighted by Gasteiger charge is 2.33. The van der Waals surface area contributed by atoms with E-state index < -0.39 is 23.7 Å². The molecule has 0 unspecified atom stereocenters. The quantitative estimate of drug-likeness (QED) is 0.127. The Morgan fingerprint density at radius 2 is 1.68 bits per heavy atom. The Morgan fingerprint density at radius 3 is 2.27 bits per heavy atom. The van der Waals surface area contributed by atoms with Crippen LogP contribution < -0.4 is 4.74 Å². The molecule has 0 aliphatic rings. The molecule has 220 valence electrons. The van der Waals surface area contributed by atoms with Gasteiger partial charge >= 0.3 is 12.1 Å². The smallest absolute Gasteiger partial charge is 0.410 e. The third kappa shape index (κ3) is 12.2. The van der Waals surface area contributed by atoms with Gasteiger partial charge in [0.2, 0.25) is 0 Å². The van der Waals surface area contributed by atoms with Gasteiger partial charge in [-0.25, -0.2) is 9.59 Å². The van der Waals surface area contributed by atoms with Crippen molar-refractivity contribution in [3.05, 3.63) is 78.4 Å². The van der Waals surface area contributed by atoms with Crippen molar-refractivity contribution in [1.82, 2.24) is 4.90 Å². The summed E-state index contributed by atoms with van der Waals surface area (Å²) in [5.41, 5.74) is 1.35. The molecule has 0 fully saturated rings. The number of esters is 1. The summed E-state index contributed by atoms with van der Waals surface area (Å²) in [6.07, 6.45) is 4.39. The van der Waals surface area contributed by atoms with Crippen molar-refractivity contribution < 1.29 is 28.5 Å². The zero-order valence-electron chi connectivity index (χ0n) is 25.1. The number of ether oxygens (including phenoxy) is 4. The largest absolute Gasteiger partial charge is 0.497 e. The second kappa shape index (κ2) is 16.7. The van der Waals surface area contributed by atoms with Crippen LogP contribution in [-0.2, 0) is 32.0 Å². The standard InChI is InChI=1S/C33H47NO6/c1-8-25(2)22-29(16-12-13-21-38-24-27-17-19-28(37-7)20-18-27)39-31(35)30(23-26-14-10-9-11-15-26)34(6)32(36)40-33(3,4)5/h8-11,14-15,17-20,25,29-30H,1,12-13,16,21-24H2,2-7H3/t25-,29-,30+/m1/s1. The van der Waals surface area contributed by atoms with Gasteiger partial charge in [0.05, 0.1) is 13.7 Å². The van der Waals surface area contributed by atoms with Crippen LogP contribution in [0.4, 0.5) is 4.79 Å². The Balaban J connectivity index is 1.99. The Morgan fingerprint density at radius 1 is 1.00 bits per heavy atom. The maximum atomic E-state index is 13.5. The van der Waals surface area contributed by atoms with Crippen LogP contribution in [-0.4, -0.2) is 55.5 Å². The fraction of sp³-hybridized carbons (Fsp3) is 0.515. The molecule has 40 heavy (non-hydrogen) atoms. The number of carbonyl (C=O) groups excluding carboxylic acids is 2. The first-order valence-electron chi connectivity index (χ1n) is 14.1. The first kappa shape index (κ1) is 32.9. The average molecular weight is 554 g/mol. The molecular formula is C33H47NO6. The number of rotatable bonds is 16. The van der Waals surface area contributed by atoms with Crippen molar-refractivity contribution in [2.75, 3.05) is 20.8 Å². The SMILES string of the molecule is C=C[C@@H](C)C[C@@H](CCCCOCc1ccc(OC)cc1)OC(=O)[C@H](Cc1ccccc1)N(C)C(=O)OC(C)(C)C. The minimum Gasteiger partial charge on any atom is -0.497 e. The summed E-state index contributed by atoms with van der Waals surface area (Å²) in [6, 6.07) is 16.6. The lowest BCUT2D eigenvalue weighted by Gasteiger charge is -2.31. The summed E-state index contributed by atoms with van der Waals surface area (Å²) in [6.45, 7) is 12.5. The van der Waals surface area contributed by atoms with Crippen LogP contribution in [0.5, 0.6) is 5.75 Å². The summed E-state index contributed by atoms with van der Waals surface area (Å²) in [7, 11) is 3.24. The number of hydrogen-bond acceptors (Lipinski definition) is 6. The van der Waals surface area contributed by atoms with Crippen LogP contribution in [0.1, 0.15) is 64.5 Å². The number of methoxy groups -OCH3 is 1. The van der Waals surface area contributed by atoms with Gasteiger partial charge in [-0.3, -0.25) is 4.90 Å². The number of nitrogens with zero attached hydrogens (tertiary/aromatic N) is 1. The van der Waals surface area contributed by atoms with Gasteiger partial charge < -0.3 is 18.9 Å². The lowest BCUT2D eigenvalue weighted by molar-refractivity contribution is -0.156. The summed E-state index contributed by atoms with van der Waals surface area (Å²) in [4.78, 5) is 27.8. The second-order valence-corrected chi connectivity index (χ2v) is 11.2. The third-order valence-corrected chi connectivity index (χ3v) is 6.51. The van der Waals surface area contributed by atoms with E-state index in [1.165, 1.54) is 4.90 Å². The molecule has 0 radical (unpaired) electrons. The van der Waals surface area contributed by atoms with Crippen LogP contribution in [0.2, 0.25) is 0 Å². The molecule has 0 heterocycles. The number of carbonyl (C=O) groups is 2. The Hall–Kier alpha value is -3.32. The molecular weight excluding hydrogens is 506 g/mol. The molecule has 0 spiro atoms. The molecule has 0 bridgehead atoms. The molecule has 2 rings (SSSR count). The topological polar surface area (TPSA) is 74.3 Å². The average Bonchev–Trinajstić information content (AvgIpc) is 2.92. The maximum Gasteiger partial charge on any atom is 0.410 e. The van der Waals surface area contributed by atoms with Crippen molar-refractivity contribution in [1.29, 1.82) is 0 Å². The lowest BCUT2D eigenvalue weighted by atomic mass is 9.99. The predicted octanol–water partition coefficient (Wildman–Crippen LogP) is 6.98. The second-order valence-electron chi connectivity index (χ2n) is 11.2. The summed E-state index contributed by atoms with van der Waals surface area (Å²) in [5.74, 6) is 0.566. The minimum absolute atomic E-state index is 0.181. The Kier molecular flexibility index (Phi) is 13.7. The molecule has 1 amide bonds. The van der Waals surface area contributed by atoms with Crippen LogP contribution in [0, 0.1) is 5.92 Å². The molecule has 0 aliphatic heterocycles. The molecule has 0 aliphatic carbocycles. The molecule has 2 aromatic rings. The molecule has 7 heteroatoms. The van der Waals surface area contributed by atoms with E-state index in [9.17, 15) is 9.59 Å². The van der Waals surface area contributed by atoms with Gasteiger partial charge in [0.1, 0.15) is 23.5 Å². The van der Waals surface area contributed by atoms with E-state index >= 15 is 0 Å². The highest BCUT2D eigenvalue weighted by atomic mass is 16.6. The van der Waals surface area contributed by atoms with Gasteiger partial charge in [-0.1, -0.05) is 55.5 Å². The van der Waals surface area contributed by atoms with Crippen LogP contribution in [0.25, 0.3) is 0 Å². The van der Waals surface area contributed by atoms with E-state index in [4.69, 9.17) is 18.9 Å². The Labute approximate surface area is 240 Å². The van der Waals surface area contributed by atoms with E-state index in [1.54, 1.807) is 34.9 Å². The van der Waals surface area contributed by atoms with Crippen molar-refractivity contribution in [2.45, 2.75) is 84.2 Å². The fourth-order valence-electron chi connectivity index (χ4n) is 4.14. The number of likely N-dealkylation sites (N-methyl/N-ethyl adjacent to an activating group) is 1. The van der Waals surface area contributed by atoms with Crippen LogP contribution in [0.15, 0.2) is 67.3 Å². The predicted molar refractivity (Wildman–Crippen MR) is 158 cm³/mol. The van der Waals surface area contributed by atoms with Crippen molar-refractivity contribution in [2.24, 2.45) is 5.92 Å². The van der Waals surface area contributed by atoms with E-state index in [-0.39, 0.29) is 12.0 Å². The van der Waals surface area contributed by atoms with Gasteiger partial charge in [0.15, 0.2) is 0 Å². The van der Waals surface area contributed by atoms with Gasteiger partial charge in [0.25, 0.3) is 0 Å².